The molecule has 1 saturated heterocycles. The standard InChI is InChI=1S/C10H15N3O/c1-2-13-5-8(6-13)12-9(14)10(7-11)3-4-10/h8H,2-6H2,1H3,(H,12,14). The zero-order chi connectivity index (χ0) is 10.2. The average Bonchev–Trinajstić information content (AvgIpc) is 2.90. The van der Waals surface area contributed by atoms with Crippen molar-refractivity contribution in [3.63, 3.8) is 0 Å². The normalized spacial score (nSPS) is 24.9. The summed E-state index contributed by atoms with van der Waals surface area (Å²) in [5.74, 6) is -0.0549. The van der Waals surface area contributed by atoms with Gasteiger partial charge >= 0.3 is 0 Å². The number of hydrogen-bond acceptors (Lipinski definition) is 3. The van der Waals surface area contributed by atoms with Crippen molar-refractivity contribution in [2.45, 2.75) is 25.8 Å². The molecule has 4 heteroatoms. The summed E-state index contributed by atoms with van der Waals surface area (Å²) in [6.07, 6.45) is 1.47. The summed E-state index contributed by atoms with van der Waals surface area (Å²) in [4.78, 5) is 13.9. The summed E-state index contributed by atoms with van der Waals surface area (Å²) in [6.45, 7) is 5.01. The van der Waals surface area contributed by atoms with Gasteiger partial charge < -0.3 is 5.32 Å². The molecule has 2 rings (SSSR count). The van der Waals surface area contributed by atoms with Crippen LogP contribution in [0.1, 0.15) is 19.8 Å². The molecule has 1 amide bonds. The number of carbonyl (C=O) groups is 1. The van der Waals surface area contributed by atoms with Crippen LogP contribution in [0.4, 0.5) is 0 Å². The van der Waals surface area contributed by atoms with Crippen LogP contribution in [0.3, 0.4) is 0 Å². The summed E-state index contributed by atoms with van der Waals surface area (Å²) >= 11 is 0. The summed E-state index contributed by atoms with van der Waals surface area (Å²) < 4.78 is 0. The lowest BCUT2D eigenvalue weighted by Gasteiger charge is -2.39. The molecule has 1 aliphatic heterocycles. The van der Waals surface area contributed by atoms with Gasteiger partial charge in [0.05, 0.1) is 12.1 Å². The molecule has 0 aromatic carbocycles. The minimum absolute atomic E-state index is 0.0549. The van der Waals surface area contributed by atoms with Crippen molar-refractivity contribution in [2.24, 2.45) is 5.41 Å². The smallest absolute Gasteiger partial charge is 0.240 e. The van der Waals surface area contributed by atoms with Gasteiger partial charge in [-0.3, -0.25) is 9.69 Å². The predicted octanol–water partition coefficient (Wildman–Crippen LogP) is 0.110. The molecule has 14 heavy (non-hydrogen) atoms. The third-order valence-electron chi connectivity index (χ3n) is 3.14. The molecule has 0 spiro atoms. The zero-order valence-electron chi connectivity index (χ0n) is 8.42. The molecule has 0 aromatic heterocycles. The number of nitrogens with zero attached hydrogens (tertiary/aromatic N) is 2. The molecule has 76 valence electrons. The highest BCUT2D eigenvalue weighted by Crippen LogP contribution is 2.45. The number of carbonyl (C=O) groups excluding carboxylic acids is 1. The average molecular weight is 193 g/mol. The first kappa shape index (κ1) is 9.47. The van der Waals surface area contributed by atoms with E-state index in [2.05, 4.69) is 23.2 Å². The minimum atomic E-state index is -0.660. The van der Waals surface area contributed by atoms with Gasteiger partial charge in [0.15, 0.2) is 0 Å². The van der Waals surface area contributed by atoms with Gasteiger partial charge in [-0.25, -0.2) is 0 Å². The van der Waals surface area contributed by atoms with Crippen LogP contribution in [-0.4, -0.2) is 36.5 Å². The van der Waals surface area contributed by atoms with Crippen molar-refractivity contribution in [1.82, 2.24) is 10.2 Å². The Labute approximate surface area is 83.9 Å². The second kappa shape index (κ2) is 3.25. The molecule has 1 N–H and O–H groups in total. The summed E-state index contributed by atoms with van der Waals surface area (Å²) in [5, 5.41) is 11.7. The highest BCUT2D eigenvalue weighted by molar-refractivity contribution is 5.88. The van der Waals surface area contributed by atoms with E-state index in [-0.39, 0.29) is 11.9 Å². The Kier molecular flexibility index (Phi) is 2.20. The van der Waals surface area contributed by atoms with E-state index in [0.29, 0.717) is 0 Å². The fraction of sp³-hybridized carbons (Fsp3) is 0.800. The molecule has 1 saturated carbocycles. The molecule has 1 aliphatic carbocycles. The molecular weight excluding hydrogens is 178 g/mol. The number of nitrogens with one attached hydrogen (secondary N) is 1. The van der Waals surface area contributed by atoms with Crippen molar-refractivity contribution in [3.8, 4) is 6.07 Å². The molecule has 1 heterocycles. The van der Waals surface area contributed by atoms with Crippen LogP contribution in [-0.2, 0) is 4.79 Å². The van der Waals surface area contributed by atoms with Gasteiger partial charge in [-0.1, -0.05) is 6.92 Å². The first-order valence-corrected chi connectivity index (χ1v) is 5.15. The highest BCUT2D eigenvalue weighted by Gasteiger charge is 2.51. The second-order valence-electron chi connectivity index (χ2n) is 4.22. The maximum Gasteiger partial charge on any atom is 0.240 e. The molecule has 0 bridgehead atoms. The Morgan fingerprint density at radius 2 is 2.29 bits per heavy atom. The van der Waals surface area contributed by atoms with Crippen LogP contribution < -0.4 is 5.32 Å². The topological polar surface area (TPSA) is 56.1 Å². The van der Waals surface area contributed by atoms with Gasteiger partial charge in [0.25, 0.3) is 0 Å². The molecule has 4 nitrogen and oxygen atoms in total. The molecule has 0 atom stereocenters. The number of likely N-dealkylation sites (N-methyl/N-ethyl adjacent to an activating group) is 1. The van der Waals surface area contributed by atoms with Crippen LogP contribution >= 0.6 is 0 Å². The lowest BCUT2D eigenvalue weighted by molar-refractivity contribution is -0.126. The van der Waals surface area contributed by atoms with Gasteiger partial charge in [0, 0.05) is 13.1 Å². The van der Waals surface area contributed by atoms with Gasteiger partial charge in [0.2, 0.25) is 5.91 Å². The zero-order valence-corrected chi connectivity index (χ0v) is 8.42. The van der Waals surface area contributed by atoms with E-state index in [1.165, 1.54) is 0 Å². The number of likely N-dealkylation sites (tertiary alicyclic amines) is 1. The van der Waals surface area contributed by atoms with Crippen molar-refractivity contribution in [2.75, 3.05) is 19.6 Å². The van der Waals surface area contributed by atoms with Crippen molar-refractivity contribution >= 4 is 5.91 Å². The summed E-state index contributed by atoms with van der Waals surface area (Å²) in [6, 6.07) is 2.38. The monoisotopic (exact) mass is 193 g/mol. The first-order chi connectivity index (χ1) is 6.70. The molecule has 2 fully saturated rings. The SMILES string of the molecule is CCN1CC(NC(=O)C2(C#N)CC2)C1. The summed E-state index contributed by atoms with van der Waals surface area (Å²) in [7, 11) is 0. The van der Waals surface area contributed by atoms with E-state index in [0.717, 1.165) is 32.5 Å². The lowest BCUT2D eigenvalue weighted by atomic mass is 10.1. The van der Waals surface area contributed by atoms with Crippen LogP contribution in [0.25, 0.3) is 0 Å². The van der Waals surface area contributed by atoms with E-state index < -0.39 is 5.41 Å². The van der Waals surface area contributed by atoms with Gasteiger partial charge in [-0.05, 0) is 19.4 Å². The van der Waals surface area contributed by atoms with Crippen molar-refractivity contribution in [3.05, 3.63) is 0 Å². The van der Waals surface area contributed by atoms with Gasteiger partial charge in [-0.15, -0.1) is 0 Å². The van der Waals surface area contributed by atoms with E-state index >= 15 is 0 Å². The Morgan fingerprint density at radius 1 is 1.64 bits per heavy atom. The van der Waals surface area contributed by atoms with Crippen LogP contribution in [0.2, 0.25) is 0 Å². The molecule has 0 radical (unpaired) electrons. The molecule has 2 aliphatic rings. The Balaban J connectivity index is 1.78. The second-order valence-corrected chi connectivity index (χ2v) is 4.22. The van der Waals surface area contributed by atoms with Gasteiger partial charge in [0.1, 0.15) is 5.41 Å². The Bertz CT molecular complexity index is 284. The van der Waals surface area contributed by atoms with Crippen LogP contribution in [0, 0.1) is 16.7 Å². The molecule has 0 unspecified atom stereocenters. The summed E-state index contributed by atoms with van der Waals surface area (Å²) in [5.41, 5.74) is -0.660. The first-order valence-electron chi connectivity index (χ1n) is 5.15. The van der Waals surface area contributed by atoms with E-state index in [9.17, 15) is 4.79 Å². The third kappa shape index (κ3) is 1.48. The maximum absolute atomic E-state index is 11.6. The maximum atomic E-state index is 11.6. The van der Waals surface area contributed by atoms with Crippen molar-refractivity contribution in [1.29, 1.82) is 5.26 Å². The predicted molar refractivity (Wildman–Crippen MR) is 51.3 cm³/mol. The Morgan fingerprint density at radius 3 is 2.71 bits per heavy atom. The molecule has 0 aromatic rings. The number of hydrogen-bond donors (Lipinski definition) is 1. The highest BCUT2D eigenvalue weighted by atomic mass is 16.2. The number of nitriles is 1. The van der Waals surface area contributed by atoms with Crippen LogP contribution in [0.5, 0.6) is 0 Å². The lowest BCUT2D eigenvalue weighted by Crippen LogP contribution is -2.59. The van der Waals surface area contributed by atoms with E-state index in [1.807, 2.05) is 0 Å². The van der Waals surface area contributed by atoms with Gasteiger partial charge in [-0.2, -0.15) is 5.26 Å². The van der Waals surface area contributed by atoms with E-state index in [4.69, 9.17) is 5.26 Å². The molecular formula is C10H15N3O. The van der Waals surface area contributed by atoms with E-state index in [1.54, 1.807) is 0 Å². The number of rotatable bonds is 3. The number of amides is 1. The Hall–Kier alpha value is -1.08. The largest absolute Gasteiger partial charge is 0.349 e. The third-order valence-corrected chi connectivity index (χ3v) is 3.14. The fourth-order valence-electron chi connectivity index (χ4n) is 1.76. The quantitative estimate of drug-likeness (QED) is 0.692. The minimum Gasteiger partial charge on any atom is -0.349 e. The fourth-order valence-corrected chi connectivity index (χ4v) is 1.76. The van der Waals surface area contributed by atoms with Crippen molar-refractivity contribution < 1.29 is 4.79 Å². The van der Waals surface area contributed by atoms with Crippen LogP contribution in [0.15, 0.2) is 0 Å².